The third-order valence-corrected chi connectivity index (χ3v) is 5.77. The minimum atomic E-state index is -3.60. The molecule has 1 aromatic heterocycles. The predicted octanol–water partition coefficient (Wildman–Crippen LogP) is 2.23. The van der Waals surface area contributed by atoms with Gasteiger partial charge in [0.1, 0.15) is 5.75 Å². The Morgan fingerprint density at radius 1 is 1.24 bits per heavy atom. The first-order valence-electron chi connectivity index (χ1n) is 8.10. The molecule has 1 heterocycles. The number of ether oxygens (including phenoxy) is 1. The second-order valence-corrected chi connectivity index (χ2v) is 8.23. The van der Waals surface area contributed by atoms with Crippen LogP contribution in [0.4, 0.5) is 0 Å². The van der Waals surface area contributed by atoms with Gasteiger partial charge in [0, 0.05) is 25.5 Å². The average molecular weight is 365 g/mol. The van der Waals surface area contributed by atoms with E-state index in [0.29, 0.717) is 5.75 Å². The van der Waals surface area contributed by atoms with Crippen LogP contribution in [0.1, 0.15) is 22.9 Å². The highest BCUT2D eigenvalue weighted by Crippen LogP contribution is 2.26. The van der Waals surface area contributed by atoms with Crippen molar-refractivity contribution in [1.29, 1.82) is 0 Å². The van der Waals surface area contributed by atoms with Gasteiger partial charge >= 0.3 is 0 Å². The fourth-order valence-electron chi connectivity index (χ4n) is 3.03. The molecule has 0 bridgehead atoms. The minimum absolute atomic E-state index is 0.0600. The van der Waals surface area contributed by atoms with Crippen LogP contribution in [-0.2, 0) is 17.1 Å². The second-order valence-electron chi connectivity index (χ2n) is 6.47. The van der Waals surface area contributed by atoms with E-state index in [-0.39, 0.29) is 17.5 Å². The fraction of sp³-hybridized carbons (Fsp3) is 0.444. The number of hydrogen-bond acceptors (Lipinski definition) is 4. The smallest absolute Gasteiger partial charge is 0.240 e. The molecule has 0 saturated heterocycles. The van der Waals surface area contributed by atoms with Gasteiger partial charge < -0.3 is 9.30 Å². The zero-order valence-electron chi connectivity index (χ0n) is 15.7. The Labute approximate surface area is 150 Å². The highest BCUT2D eigenvalue weighted by Gasteiger charge is 2.22. The Hall–Kier alpha value is -1.83. The highest BCUT2D eigenvalue weighted by molar-refractivity contribution is 7.89. The molecule has 2 aromatic rings. The maximum absolute atomic E-state index is 12.7. The molecule has 0 aliphatic carbocycles. The number of likely N-dealkylation sites (N-methyl/N-ethyl adjacent to an activating group) is 1. The molecule has 0 amide bonds. The number of nitrogens with zero attached hydrogens (tertiary/aromatic N) is 2. The van der Waals surface area contributed by atoms with Crippen LogP contribution in [0.3, 0.4) is 0 Å². The summed E-state index contributed by atoms with van der Waals surface area (Å²) < 4.78 is 35.5. The fourth-order valence-corrected chi connectivity index (χ4v) is 4.24. The molecule has 0 radical (unpaired) electrons. The maximum Gasteiger partial charge on any atom is 0.240 e. The van der Waals surface area contributed by atoms with Crippen LogP contribution in [0.15, 0.2) is 35.4 Å². The molecule has 1 unspecified atom stereocenters. The van der Waals surface area contributed by atoms with E-state index in [1.54, 1.807) is 19.2 Å². The van der Waals surface area contributed by atoms with E-state index < -0.39 is 10.0 Å². The summed E-state index contributed by atoms with van der Waals surface area (Å²) >= 11 is 0. The van der Waals surface area contributed by atoms with E-state index in [1.165, 1.54) is 0 Å². The van der Waals surface area contributed by atoms with E-state index in [2.05, 4.69) is 4.72 Å². The lowest BCUT2D eigenvalue weighted by Crippen LogP contribution is -2.35. The summed E-state index contributed by atoms with van der Waals surface area (Å²) in [6.45, 7) is 3.98. The Morgan fingerprint density at radius 2 is 1.84 bits per heavy atom. The number of methoxy groups -OCH3 is 1. The molecule has 6 nitrogen and oxygen atoms in total. The molecular weight excluding hydrogens is 338 g/mol. The Morgan fingerprint density at radius 3 is 2.28 bits per heavy atom. The van der Waals surface area contributed by atoms with E-state index in [4.69, 9.17) is 4.74 Å². The molecule has 0 saturated carbocycles. The van der Waals surface area contributed by atoms with Crippen LogP contribution in [-0.4, -0.2) is 45.6 Å². The van der Waals surface area contributed by atoms with E-state index in [1.807, 2.05) is 62.8 Å². The van der Waals surface area contributed by atoms with Gasteiger partial charge in [-0.05, 0) is 63.3 Å². The maximum atomic E-state index is 12.7. The van der Waals surface area contributed by atoms with E-state index >= 15 is 0 Å². The van der Waals surface area contributed by atoms with Crippen molar-refractivity contribution in [3.63, 3.8) is 0 Å². The standard InChI is InChI=1S/C18H27N3O3S/c1-13-10-15(11-14(2)18(13)24-6)25(22,23)19-12-17(20(3)4)16-8-7-9-21(16)5/h7-11,17,19H,12H2,1-6H3. The lowest BCUT2D eigenvalue weighted by molar-refractivity contribution is 0.289. The SMILES string of the molecule is COc1c(C)cc(S(=O)(=O)NCC(c2cccn2C)N(C)C)cc1C. The van der Waals surface area contributed by atoms with Crippen molar-refractivity contribution in [1.82, 2.24) is 14.2 Å². The van der Waals surface area contributed by atoms with Crippen molar-refractivity contribution in [2.75, 3.05) is 27.7 Å². The third kappa shape index (κ3) is 4.23. The van der Waals surface area contributed by atoms with Crippen molar-refractivity contribution in [2.45, 2.75) is 24.8 Å². The summed E-state index contributed by atoms with van der Waals surface area (Å²) in [5.74, 6) is 0.717. The summed E-state index contributed by atoms with van der Waals surface area (Å²) in [6, 6.07) is 7.18. The molecule has 25 heavy (non-hydrogen) atoms. The summed E-state index contributed by atoms with van der Waals surface area (Å²) in [5, 5.41) is 0. The van der Waals surface area contributed by atoms with Crippen molar-refractivity contribution < 1.29 is 13.2 Å². The minimum Gasteiger partial charge on any atom is -0.496 e. The summed E-state index contributed by atoms with van der Waals surface area (Å²) in [5.41, 5.74) is 2.65. The molecular formula is C18H27N3O3S. The Kier molecular flexibility index (Phi) is 5.92. The summed E-state index contributed by atoms with van der Waals surface area (Å²) in [4.78, 5) is 2.26. The first kappa shape index (κ1) is 19.5. The van der Waals surface area contributed by atoms with Gasteiger partial charge in [-0.25, -0.2) is 13.1 Å². The zero-order chi connectivity index (χ0) is 18.8. The number of nitrogens with one attached hydrogen (secondary N) is 1. The van der Waals surface area contributed by atoms with Crippen molar-refractivity contribution in [3.05, 3.63) is 47.3 Å². The second kappa shape index (κ2) is 7.59. The van der Waals surface area contributed by atoms with Gasteiger partial charge in [-0.3, -0.25) is 4.90 Å². The summed E-state index contributed by atoms with van der Waals surface area (Å²) in [7, 11) is 3.81. The normalized spacial score (nSPS) is 13.2. The first-order chi connectivity index (χ1) is 11.7. The summed E-state index contributed by atoms with van der Waals surface area (Å²) in [6.07, 6.45) is 1.95. The molecule has 1 aromatic carbocycles. The topological polar surface area (TPSA) is 63.6 Å². The first-order valence-corrected chi connectivity index (χ1v) is 9.58. The van der Waals surface area contributed by atoms with Gasteiger partial charge in [-0.15, -0.1) is 0 Å². The monoisotopic (exact) mass is 365 g/mol. The molecule has 0 aliphatic heterocycles. The molecule has 0 fully saturated rings. The van der Waals surface area contributed by atoms with Gasteiger partial charge in [0.2, 0.25) is 10.0 Å². The highest BCUT2D eigenvalue weighted by atomic mass is 32.2. The lowest BCUT2D eigenvalue weighted by atomic mass is 10.1. The van der Waals surface area contributed by atoms with Crippen LogP contribution in [0.25, 0.3) is 0 Å². The van der Waals surface area contributed by atoms with Crippen LogP contribution >= 0.6 is 0 Å². The average Bonchev–Trinajstić information content (AvgIpc) is 2.93. The van der Waals surface area contributed by atoms with Gasteiger partial charge in [-0.2, -0.15) is 0 Å². The van der Waals surface area contributed by atoms with Crippen LogP contribution in [0.5, 0.6) is 5.75 Å². The third-order valence-electron chi connectivity index (χ3n) is 4.36. The van der Waals surface area contributed by atoms with Crippen molar-refractivity contribution in [2.24, 2.45) is 7.05 Å². The molecule has 2 rings (SSSR count). The quantitative estimate of drug-likeness (QED) is 0.817. The molecule has 0 aliphatic rings. The number of aromatic nitrogens is 1. The Balaban J connectivity index is 2.25. The number of sulfonamides is 1. The van der Waals surface area contributed by atoms with Crippen LogP contribution < -0.4 is 9.46 Å². The van der Waals surface area contributed by atoms with Gasteiger partial charge in [-0.1, -0.05) is 0 Å². The molecule has 7 heteroatoms. The number of hydrogen-bond donors (Lipinski definition) is 1. The van der Waals surface area contributed by atoms with Gasteiger partial charge in [0.05, 0.1) is 18.0 Å². The number of aryl methyl sites for hydroxylation is 3. The zero-order valence-corrected chi connectivity index (χ0v) is 16.5. The largest absolute Gasteiger partial charge is 0.496 e. The van der Waals surface area contributed by atoms with Crippen molar-refractivity contribution >= 4 is 10.0 Å². The number of benzene rings is 1. The molecule has 1 N–H and O–H groups in total. The van der Waals surface area contributed by atoms with Crippen molar-refractivity contribution in [3.8, 4) is 5.75 Å². The van der Waals surface area contributed by atoms with Crippen LogP contribution in [0, 0.1) is 13.8 Å². The van der Waals surface area contributed by atoms with Crippen LogP contribution in [0.2, 0.25) is 0 Å². The van der Waals surface area contributed by atoms with Gasteiger partial charge in [0.25, 0.3) is 0 Å². The predicted molar refractivity (Wildman–Crippen MR) is 99.5 cm³/mol. The number of rotatable bonds is 7. The Bertz CT molecular complexity index is 818. The van der Waals surface area contributed by atoms with E-state index in [9.17, 15) is 8.42 Å². The van der Waals surface area contributed by atoms with Gasteiger partial charge in [0.15, 0.2) is 0 Å². The molecule has 138 valence electrons. The molecule has 1 atom stereocenters. The van der Waals surface area contributed by atoms with E-state index in [0.717, 1.165) is 16.8 Å². The lowest BCUT2D eigenvalue weighted by Gasteiger charge is -2.25. The molecule has 0 spiro atoms.